The maximum Gasteiger partial charge on any atom is 0.255 e. The number of benzene rings is 3. The molecular weight excluding hydrogens is 312 g/mol. The molecule has 4 rings (SSSR count). The van der Waals surface area contributed by atoms with Gasteiger partial charge in [0.05, 0.1) is 6.21 Å². The van der Waals surface area contributed by atoms with Crippen molar-refractivity contribution in [2.75, 3.05) is 12.4 Å². The first-order valence-corrected chi connectivity index (χ1v) is 8.27. The van der Waals surface area contributed by atoms with E-state index >= 15 is 0 Å². The molecule has 0 spiro atoms. The highest BCUT2D eigenvalue weighted by molar-refractivity contribution is 6.10. The summed E-state index contributed by atoms with van der Waals surface area (Å²) in [5, 5.41) is 9.18. The second-order valence-electron chi connectivity index (χ2n) is 6.11. The monoisotopic (exact) mass is 330 g/mol. The number of oxime groups is 1. The molecule has 0 saturated carbocycles. The Balaban J connectivity index is 1.61. The summed E-state index contributed by atoms with van der Waals surface area (Å²) >= 11 is 0. The molecule has 1 amide bonds. The normalized spacial score (nSPS) is 12.7. The number of amides is 1. The molecule has 0 unspecified atom stereocenters. The van der Waals surface area contributed by atoms with E-state index in [9.17, 15) is 4.79 Å². The lowest BCUT2D eigenvalue weighted by atomic mass is 10.0. The first-order valence-electron chi connectivity index (χ1n) is 8.27. The Bertz CT molecular complexity index is 965. The molecule has 0 heterocycles. The van der Waals surface area contributed by atoms with Crippen molar-refractivity contribution in [2.45, 2.75) is 12.8 Å². The van der Waals surface area contributed by atoms with E-state index < -0.39 is 0 Å². The van der Waals surface area contributed by atoms with Crippen LogP contribution in [0, 0.1) is 0 Å². The van der Waals surface area contributed by atoms with Gasteiger partial charge in [0, 0.05) is 16.6 Å². The van der Waals surface area contributed by atoms with Gasteiger partial charge in [-0.2, -0.15) is 0 Å². The van der Waals surface area contributed by atoms with Crippen LogP contribution in [-0.4, -0.2) is 19.2 Å². The van der Waals surface area contributed by atoms with E-state index in [2.05, 4.69) is 39.6 Å². The number of nitrogens with zero attached hydrogens (tertiary/aromatic N) is 1. The molecule has 0 saturated heterocycles. The van der Waals surface area contributed by atoms with Crippen molar-refractivity contribution in [3.05, 3.63) is 76.9 Å². The molecule has 3 aromatic rings. The molecule has 3 aromatic carbocycles. The second-order valence-corrected chi connectivity index (χ2v) is 6.11. The fraction of sp³-hybridized carbons (Fsp3) is 0.143. The van der Waals surface area contributed by atoms with Crippen molar-refractivity contribution in [3.8, 4) is 0 Å². The quantitative estimate of drug-likeness (QED) is 0.576. The summed E-state index contributed by atoms with van der Waals surface area (Å²) in [4.78, 5) is 17.3. The van der Waals surface area contributed by atoms with Crippen molar-refractivity contribution in [2.24, 2.45) is 5.16 Å². The van der Waals surface area contributed by atoms with E-state index in [1.54, 1.807) is 18.3 Å². The molecule has 1 aliphatic carbocycles. The standard InChI is InChI=1S/C21H18N2O2/c1-25-22-13-14-5-7-17(8-6-14)21(24)23-19-12-11-16-10-9-15-3-2-4-18(19)20(15)16/h2-8,11-13H,9-10H2,1H3,(H,23,24)/b22-13+. The first kappa shape index (κ1) is 15.4. The first-order chi connectivity index (χ1) is 12.3. The number of hydrogen-bond acceptors (Lipinski definition) is 3. The van der Waals surface area contributed by atoms with Gasteiger partial charge in [0.2, 0.25) is 0 Å². The molecule has 25 heavy (non-hydrogen) atoms. The van der Waals surface area contributed by atoms with Gasteiger partial charge in [0.1, 0.15) is 7.11 Å². The number of rotatable bonds is 4. The van der Waals surface area contributed by atoms with Crippen LogP contribution in [0.5, 0.6) is 0 Å². The number of aryl methyl sites for hydroxylation is 2. The molecular formula is C21H18N2O2. The Morgan fingerprint density at radius 1 is 1.04 bits per heavy atom. The Morgan fingerprint density at radius 3 is 2.56 bits per heavy atom. The summed E-state index contributed by atoms with van der Waals surface area (Å²) in [5.74, 6) is -0.117. The summed E-state index contributed by atoms with van der Waals surface area (Å²) in [7, 11) is 1.50. The third-order valence-corrected chi connectivity index (χ3v) is 4.61. The van der Waals surface area contributed by atoms with Crippen LogP contribution >= 0.6 is 0 Å². The van der Waals surface area contributed by atoms with E-state index in [0.29, 0.717) is 5.56 Å². The molecule has 1 aliphatic rings. The molecule has 0 radical (unpaired) electrons. The number of nitrogens with one attached hydrogen (secondary N) is 1. The summed E-state index contributed by atoms with van der Waals surface area (Å²) in [6.07, 6.45) is 3.76. The van der Waals surface area contributed by atoms with E-state index in [1.165, 1.54) is 23.6 Å². The Labute approximate surface area is 146 Å². The predicted octanol–water partition coefficient (Wildman–Crippen LogP) is 4.17. The highest BCUT2D eigenvalue weighted by atomic mass is 16.6. The zero-order valence-electron chi connectivity index (χ0n) is 14.0. The van der Waals surface area contributed by atoms with Crippen LogP contribution in [0.3, 0.4) is 0 Å². The average Bonchev–Trinajstić information content (AvgIpc) is 3.07. The minimum Gasteiger partial charge on any atom is -0.399 e. The number of carbonyl (C=O) groups is 1. The second kappa shape index (κ2) is 6.40. The molecule has 0 bridgehead atoms. The fourth-order valence-electron chi connectivity index (χ4n) is 3.38. The third-order valence-electron chi connectivity index (χ3n) is 4.61. The summed E-state index contributed by atoms with van der Waals surface area (Å²) in [6.45, 7) is 0. The molecule has 4 heteroatoms. The third kappa shape index (κ3) is 2.87. The van der Waals surface area contributed by atoms with Crippen molar-refractivity contribution < 1.29 is 9.63 Å². The van der Waals surface area contributed by atoms with E-state index in [0.717, 1.165) is 29.5 Å². The van der Waals surface area contributed by atoms with Gasteiger partial charge in [-0.1, -0.05) is 41.6 Å². The van der Waals surface area contributed by atoms with E-state index in [-0.39, 0.29) is 5.91 Å². The van der Waals surface area contributed by atoms with Crippen LogP contribution in [0.1, 0.15) is 27.0 Å². The van der Waals surface area contributed by atoms with Crippen molar-refractivity contribution in [1.82, 2.24) is 0 Å². The van der Waals surface area contributed by atoms with Crippen molar-refractivity contribution in [1.29, 1.82) is 0 Å². The average molecular weight is 330 g/mol. The van der Waals surface area contributed by atoms with Crippen molar-refractivity contribution >= 4 is 28.6 Å². The Kier molecular flexibility index (Phi) is 3.94. The van der Waals surface area contributed by atoms with Crippen LogP contribution in [0.2, 0.25) is 0 Å². The largest absolute Gasteiger partial charge is 0.399 e. The Hall–Kier alpha value is -3.14. The van der Waals surface area contributed by atoms with Crippen LogP contribution < -0.4 is 5.32 Å². The fourth-order valence-corrected chi connectivity index (χ4v) is 3.38. The maximum atomic E-state index is 12.6. The van der Waals surface area contributed by atoms with Crippen LogP contribution in [0.4, 0.5) is 5.69 Å². The maximum absolute atomic E-state index is 12.6. The number of carbonyl (C=O) groups excluding carboxylic acids is 1. The molecule has 0 fully saturated rings. The number of hydrogen-bond donors (Lipinski definition) is 1. The lowest BCUT2D eigenvalue weighted by molar-refractivity contribution is 0.102. The van der Waals surface area contributed by atoms with Gasteiger partial charge < -0.3 is 10.2 Å². The smallest absolute Gasteiger partial charge is 0.255 e. The lowest BCUT2D eigenvalue weighted by Gasteiger charge is -2.11. The number of anilines is 1. The molecule has 124 valence electrons. The topological polar surface area (TPSA) is 50.7 Å². The highest BCUT2D eigenvalue weighted by Gasteiger charge is 2.16. The van der Waals surface area contributed by atoms with Crippen LogP contribution in [0.15, 0.2) is 59.8 Å². The van der Waals surface area contributed by atoms with Gasteiger partial charge in [-0.25, -0.2) is 0 Å². The van der Waals surface area contributed by atoms with Crippen LogP contribution in [0.25, 0.3) is 10.8 Å². The SMILES string of the molecule is CO/N=C/c1ccc(C(=O)Nc2ccc3c4c(cccc24)CC3)cc1. The van der Waals surface area contributed by atoms with E-state index in [1.807, 2.05) is 18.2 Å². The van der Waals surface area contributed by atoms with Gasteiger partial charge in [0.15, 0.2) is 0 Å². The minimum absolute atomic E-state index is 0.117. The predicted molar refractivity (Wildman–Crippen MR) is 100 cm³/mol. The zero-order chi connectivity index (χ0) is 17.2. The molecule has 0 atom stereocenters. The van der Waals surface area contributed by atoms with Gasteiger partial charge in [-0.05, 0) is 53.1 Å². The summed E-state index contributed by atoms with van der Waals surface area (Å²) in [5.41, 5.74) is 5.08. The minimum atomic E-state index is -0.117. The lowest BCUT2D eigenvalue weighted by Crippen LogP contribution is -2.12. The Morgan fingerprint density at radius 2 is 1.80 bits per heavy atom. The molecule has 0 aliphatic heterocycles. The molecule has 1 N–H and O–H groups in total. The molecule has 4 nitrogen and oxygen atoms in total. The summed E-state index contributed by atoms with van der Waals surface area (Å²) in [6, 6.07) is 17.7. The van der Waals surface area contributed by atoms with Gasteiger partial charge in [-0.3, -0.25) is 4.79 Å². The summed E-state index contributed by atoms with van der Waals surface area (Å²) < 4.78 is 0. The highest BCUT2D eigenvalue weighted by Crippen LogP contribution is 2.35. The van der Waals surface area contributed by atoms with Gasteiger partial charge >= 0.3 is 0 Å². The molecule has 0 aromatic heterocycles. The van der Waals surface area contributed by atoms with Crippen LogP contribution in [-0.2, 0) is 17.7 Å². The zero-order valence-corrected chi connectivity index (χ0v) is 14.0. The van der Waals surface area contributed by atoms with Gasteiger partial charge in [0.25, 0.3) is 5.91 Å². The van der Waals surface area contributed by atoms with E-state index in [4.69, 9.17) is 0 Å². The van der Waals surface area contributed by atoms with Gasteiger partial charge in [-0.15, -0.1) is 0 Å². The van der Waals surface area contributed by atoms with Crippen molar-refractivity contribution in [3.63, 3.8) is 0 Å².